The molecule has 0 bridgehead atoms. The van der Waals surface area contributed by atoms with Gasteiger partial charge in [-0.25, -0.2) is 0 Å². The van der Waals surface area contributed by atoms with E-state index in [-0.39, 0.29) is 0 Å². The van der Waals surface area contributed by atoms with E-state index in [1.807, 2.05) is 30.3 Å². The Balaban J connectivity index is 2.12. The van der Waals surface area contributed by atoms with Crippen molar-refractivity contribution in [2.45, 2.75) is 12.5 Å². The van der Waals surface area contributed by atoms with E-state index >= 15 is 0 Å². The van der Waals surface area contributed by atoms with Crippen LogP contribution >= 0.6 is 50.7 Å². The predicted octanol–water partition coefficient (Wildman–Crippen LogP) is 6.07. The molecule has 0 aliphatic carbocycles. The summed E-state index contributed by atoms with van der Waals surface area (Å²) in [7, 11) is 0. The molecule has 1 nitrogen and oxygen atoms in total. The van der Waals surface area contributed by atoms with Crippen LogP contribution in [0.4, 0.5) is 0 Å². The first kappa shape index (κ1) is 15.0. The van der Waals surface area contributed by atoms with Gasteiger partial charge in [-0.3, -0.25) is 0 Å². The van der Waals surface area contributed by atoms with Crippen LogP contribution in [0, 0.1) is 0 Å². The third-order valence-corrected chi connectivity index (χ3v) is 4.35. The number of benzene rings is 2. The summed E-state index contributed by atoms with van der Waals surface area (Å²) in [5, 5.41) is 1.05. The van der Waals surface area contributed by atoms with Crippen molar-refractivity contribution >= 4 is 50.7 Å². The quantitative estimate of drug-likeness (QED) is 0.585. The number of alkyl halides is 1. The van der Waals surface area contributed by atoms with Crippen molar-refractivity contribution in [1.29, 1.82) is 0 Å². The second-order valence-corrected chi connectivity index (χ2v) is 5.81. The van der Waals surface area contributed by atoms with E-state index in [0.717, 1.165) is 21.3 Å². The average molecular weight is 380 g/mol. The van der Waals surface area contributed by atoms with Crippen molar-refractivity contribution in [3.05, 3.63) is 62.0 Å². The molecule has 0 saturated carbocycles. The molecule has 0 amide bonds. The highest BCUT2D eigenvalue weighted by atomic mass is 79.9. The van der Waals surface area contributed by atoms with Gasteiger partial charge in [0.15, 0.2) is 0 Å². The maximum Gasteiger partial charge on any atom is 0.134 e. The topological polar surface area (TPSA) is 9.23 Å². The Morgan fingerprint density at radius 2 is 1.89 bits per heavy atom. The van der Waals surface area contributed by atoms with Gasteiger partial charge in [-0.15, -0.1) is 11.6 Å². The summed E-state index contributed by atoms with van der Waals surface area (Å²) in [6, 6.07) is 11.2. The number of hydrogen-bond donors (Lipinski definition) is 0. The van der Waals surface area contributed by atoms with Crippen LogP contribution in [-0.4, -0.2) is 0 Å². The first-order valence-corrected chi connectivity index (χ1v) is 7.60. The molecule has 0 spiro atoms. The number of hydrogen-bond acceptors (Lipinski definition) is 1. The summed E-state index contributed by atoms with van der Waals surface area (Å²) in [5.74, 6) is 1.21. The number of halogens is 4. The van der Waals surface area contributed by atoms with Crippen LogP contribution in [-0.2, 0) is 12.5 Å². The fourth-order valence-corrected chi connectivity index (χ4v) is 2.64. The summed E-state index contributed by atoms with van der Waals surface area (Å²) >= 11 is 21.3. The van der Waals surface area contributed by atoms with E-state index in [4.69, 9.17) is 39.5 Å². The minimum atomic E-state index is 0.359. The summed E-state index contributed by atoms with van der Waals surface area (Å²) < 4.78 is 6.59. The lowest BCUT2D eigenvalue weighted by atomic mass is 10.2. The Hall–Kier alpha value is -0.410. The van der Waals surface area contributed by atoms with Crippen LogP contribution in [0.15, 0.2) is 40.9 Å². The first-order valence-electron chi connectivity index (χ1n) is 5.52. The van der Waals surface area contributed by atoms with Gasteiger partial charge in [0, 0.05) is 11.4 Å². The first-order chi connectivity index (χ1) is 9.11. The zero-order valence-corrected chi connectivity index (χ0v) is 13.7. The van der Waals surface area contributed by atoms with E-state index < -0.39 is 0 Å². The van der Waals surface area contributed by atoms with Gasteiger partial charge in [-0.05, 0) is 39.7 Å². The molecular weight excluding hydrogens is 370 g/mol. The lowest BCUT2D eigenvalue weighted by molar-refractivity contribution is 0.304. The van der Waals surface area contributed by atoms with E-state index in [9.17, 15) is 0 Å². The van der Waals surface area contributed by atoms with E-state index in [2.05, 4.69) is 15.9 Å². The smallest absolute Gasteiger partial charge is 0.134 e. The fourth-order valence-electron chi connectivity index (χ4n) is 1.56. The molecule has 5 heteroatoms. The van der Waals surface area contributed by atoms with Gasteiger partial charge in [0.05, 0.1) is 14.5 Å². The molecule has 0 heterocycles. The minimum absolute atomic E-state index is 0.359. The molecule has 0 saturated heterocycles. The zero-order valence-electron chi connectivity index (χ0n) is 9.80. The second-order valence-electron chi connectivity index (χ2n) is 3.90. The molecule has 0 aliphatic rings. The lowest BCUT2D eigenvalue weighted by Gasteiger charge is -2.10. The maximum absolute atomic E-state index is 6.11. The molecular formula is C14H10BrCl3O. The Morgan fingerprint density at radius 1 is 1.11 bits per heavy atom. The molecule has 0 unspecified atom stereocenters. The van der Waals surface area contributed by atoms with E-state index in [1.54, 1.807) is 6.07 Å². The molecule has 2 rings (SSSR count). The highest BCUT2D eigenvalue weighted by Crippen LogP contribution is 2.30. The Morgan fingerprint density at radius 3 is 2.58 bits per heavy atom. The largest absolute Gasteiger partial charge is 0.488 e. The van der Waals surface area contributed by atoms with Gasteiger partial charge >= 0.3 is 0 Å². The van der Waals surface area contributed by atoms with Gasteiger partial charge in [0.25, 0.3) is 0 Å². The second kappa shape index (κ2) is 6.85. The fraction of sp³-hybridized carbons (Fsp3) is 0.143. The average Bonchev–Trinajstić information content (AvgIpc) is 2.41. The summed E-state index contributed by atoms with van der Waals surface area (Å²) in [6.07, 6.45) is 0. The van der Waals surface area contributed by atoms with Crippen molar-refractivity contribution in [2.24, 2.45) is 0 Å². The molecule has 2 aromatic rings. The van der Waals surface area contributed by atoms with E-state index in [1.165, 1.54) is 0 Å². The molecule has 0 fully saturated rings. The number of ether oxygens (including phenoxy) is 1. The molecule has 0 radical (unpaired) electrons. The summed E-state index contributed by atoms with van der Waals surface area (Å²) in [4.78, 5) is 0. The summed E-state index contributed by atoms with van der Waals surface area (Å²) in [5.41, 5.74) is 1.88. The lowest BCUT2D eigenvalue weighted by Crippen LogP contribution is -1.97. The number of rotatable bonds is 4. The zero-order chi connectivity index (χ0) is 13.8. The van der Waals surface area contributed by atoms with Crippen molar-refractivity contribution in [3.63, 3.8) is 0 Å². The summed E-state index contributed by atoms with van der Waals surface area (Å²) in [6.45, 7) is 0.359. The molecule has 0 N–H and O–H groups in total. The highest BCUT2D eigenvalue weighted by Gasteiger charge is 2.07. The van der Waals surface area contributed by atoms with Crippen LogP contribution < -0.4 is 4.74 Å². The molecule has 0 atom stereocenters. The molecule has 2 aromatic carbocycles. The Labute approximate surface area is 135 Å². The van der Waals surface area contributed by atoms with Crippen LogP contribution in [0.1, 0.15) is 11.1 Å². The highest BCUT2D eigenvalue weighted by molar-refractivity contribution is 9.10. The Kier molecular flexibility index (Phi) is 5.40. The monoisotopic (exact) mass is 378 g/mol. The SMILES string of the molecule is ClCc1ccc(OCc2cccc(Cl)c2Cl)c(Br)c1. The van der Waals surface area contributed by atoms with Crippen molar-refractivity contribution < 1.29 is 4.74 Å². The normalized spacial score (nSPS) is 10.5. The third-order valence-electron chi connectivity index (χ3n) is 2.57. The standard InChI is InChI=1S/C14H10BrCl3O/c15-11-6-9(7-16)4-5-13(11)19-8-10-2-1-3-12(17)14(10)18/h1-6H,7-8H2. The van der Waals surface area contributed by atoms with Gasteiger partial charge in [0.2, 0.25) is 0 Å². The van der Waals surface area contributed by atoms with E-state index in [0.29, 0.717) is 22.5 Å². The van der Waals surface area contributed by atoms with Crippen LogP contribution in [0.5, 0.6) is 5.75 Å². The van der Waals surface area contributed by atoms with Crippen LogP contribution in [0.25, 0.3) is 0 Å². The molecule has 100 valence electrons. The van der Waals surface area contributed by atoms with Gasteiger partial charge < -0.3 is 4.74 Å². The molecule has 0 aromatic heterocycles. The van der Waals surface area contributed by atoms with Crippen molar-refractivity contribution in [2.75, 3.05) is 0 Å². The molecule has 19 heavy (non-hydrogen) atoms. The van der Waals surface area contributed by atoms with Gasteiger partial charge in [0.1, 0.15) is 12.4 Å². The molecule has 0 aliphatic heterocycles. The van der Waals surface area contributed by atoms with Crippen molar-refractivity contribution in [1.82, 2.24) is 0 Å². The maximum atomic E-state index is 6.11. The van der Waals surface area contributed by atoms with Crippen LogP contribution in [0.3, 0.4) is 0 Å². The van der Waals surface area contributed by atoms with Gasteiger partial charge in [-0.2, -0.15) is 0 Å². The van der Waals surface area contributed by atoms with Gasteiger partial charge in [-0.1, -0.05) is 41.4 Å². The third kappa shape index (κ3) is 3.79. The minimum Gasteiger partial charge on any atom is -0.488 e. The predicted molar refractivity (Wildman–Crippen MR) is 84.5 cm³/mol. The van der Waals surface area contributed by atoms with Crippen molar-refractivity contribution in [3.8, 4) is 5.75 Å². The Bertz CT molecular complexity index is 587. The van der Waals surface area contributed by atoms with Crippen LogP contribution in [0.2, 0.25) is 10.0 Å².